The zero-order chi connectivity index (χ0) is 11.6. The van der Waals surface area contributed by atoms with Crippen LogP contribution in [0.2, 0.25) is 0 Å². The third-order valence-corrected chi connectivity index (χ3v) is 4.82. The van der Waals surface area contributed by atoms with Crippen LogP contribution in [0.1, 0.15) is 32.6 Å². The van der Waals surface area contributed by atoms with Crippen LogP contribution in [0.15, 0.2) is 0 Å². The van der Waals surface area contributed by atoms with E-state index in [1.165, 1.54) is 0 Å². The van der Waals surface area contributed by atoms with Gasteiger partial charge in [-0.15, -0.1) is 11.8 Å². The first-order valence-electron chi connectivity index (χ1n) is 5.82. The van der Waals surface area contributed by atoms with Crippen LogP contribution in [0.4, 0.5) is 0 Å². The zero-order valence-corrected chi connectivity index (χ0v) is 10.4. The number of hydrogen-bond acceptors (Lipinski definition) is 3. The maximum atomic E-state index is 12.1. The van der Waals surface area contributed by atoms with Gasteiger partial charge in [0.1, 0.15) is 0 Å². The molecular formula is C11H18N2O2S. The normalized spacial score (nSPS) is 34.6. The SMILES string of the molecule is CC1(C(=O)NC2CCC(=O)NC2)CCCS1. The Balaban J connectivity index is 1.85. The van der Waals surface area contributed by atoms with Gasteiger partial charge in [-0.05, 0) is 31.9 Å². The molecule has 0 aliphatic carbocycles. The summed E-state index contributed by atoms with van der Waals surface area (Å²) in [5.41, 5.74) is 0. The van der Waals surface area contributed by atoms with Gasteiger partial charge in [0.2, 0.25) is 11.8 Å². The van der Waals surface area contributed by atoms with Crippen molar-refractivity contribution in [1.29, 1.82) is 0 Å². The van der Waals surface area contributed by atoms with Gasteiger partial charge >= 0.3 is 0 Å². The highest BCUT2D eigenvalue weighted by molar-refractivity contribution is 8.01. The van der Waals surface area contributed by atoms with Gasteiger partial charge in [0.25, 0.3) is 0 Å². The van der Waals surface area contributed by atoms with E-state index >= 15 is 0 Å². The molecule has 2 unspecified atom stereocenters. The Kier molecular flexibility index (Phi) is 3.42. The molecule has 0 aromatic rings. The maximum absolute atomic E-state index is 12.1. The summed E-state index contributed by atoms with van der Waals surface area (Å²) in [6.45, 7) is 2.59. The highest BCUT2D eigenvalue weighted by Crippen LogP contribution is 2.37. The van der Waals surface area contributed by atoms with E-state index < -0.39 is 0 Å². The smallest absolute Gasteiger partial charge is 0.236 e. The maximum Gasteiger partial charge on any atom is 0.236 e. The van der Waals surface area contributed by atoms with Crippen LogP contribution in [0, 0.1) is 0 Å². The Labute approximate surface area is 99.9 Å². The lowest BCUT2D eigenvalue weighted by Gasteiger charge is -2.28. The molecule has 2 saturated heterocycles. The van der Waals surface area contributed by atoms with Crippen molar-refractivity contribution in [3.8, 4) is 0 Å². The van der Waals surface area contributed by atoms with E-state index in [1.807, 2.05) is 6.92 Å². The molecule has 2 rings (SSSR count). The molecule has 16 heavy (non-hydrogen) atoms. The largest absolute Gasteiger partial charge is 0.354 e. The first-order chi connectivity index (χ1) is 7.60. The van der Waals surface area contributed by atoms with E-state index in [0.29, 0.717) is 13.0 Å². The minimum atomic E-state index is -0.249. The second-order valence-electron chi connectivity index (χ2n) is 4.70. The van der Waals surface area contributed by atoms with Crippen molar-refractivity contribution in [3.63, 3.8) is 0 Å². The average Bonchev–Trinajstić information content (AvgIpc) is 2.70. The summed E-state index contributed by atoms with van der Waals surface area (Å²) in [6.07, 6.45) is 3.37. The summed E-state index contributed by atoms with van der Waals surface area (Å²) in [5, 5.41) is 5.83. The monoisotopic (exact) mass is 242 g/mol. The number of amides is 2. The molecule has 2 aliphatic rings. The lowest BCUT2D eigenvalue weighted by atomic mass is 10.0. The summed E-state index contributed by atoms with van der Waals surface area (Å²) in [7, 11) is 0. The van der Waals surface area contributed by atoms with Gasteiger partial charge in [-0.1, -0.05) is 0 Å². The van der Waals surface area contributed by atoms with E-state index in [4.69, 9.17) is 0 Å². The highest BCUT2D eigenvalue weighted by Gasteiger charge is 2.38. The van der Waals surface area contributed by atoms with Crippen molar-refractivity contribution in [2.75, 3.05) is 12.3 Å². The van der Waals surface area contributed by atoms with E-state index in [-0.39, 0.29) is 22.6 Å². The number of carbonyl (C=O) groups is 2. The van der Waals surface area contributed by atoms with Crippen LogP contribution in [-0.2, 0) is 9.59 Å². The van der Waals surface area contributed by atoms with Crippen molar-refractivity contribution >= 4 is 23.6 Å². The standard InChI is InChI=1S/C11H18N2O2S/c1-11(5-2-6-16-11)10(15)13-8-3-4-9(14)12-7-8/h8H,2-7H2,1H3,(H,12,14)(H,13,15). The fourth-order valence-electron chi connectivity index (χ4n) is 2.15. The molecule has 2 N–H and O–H groups in total. The van der Waals surface area contributed by atoms with Crippen molar-refractivity contribution < 1.29 is 9.59 Å². The van der Waals surface area contributed by atoms with Gasteiger partial charge in [-0.25, -0.2) is 0 Å². The topological polar surface area (TPSA) is 58.2 Å². The second kappa shape index (κ2) is 4.65. The number of piperidine rings is 1. The minimum absolute atomic E-state index is 0.0898. The Morgan fingerprint density at radius 2 is 2.44 bits per heavy atom. The van der Waals surface area contributed by atoms with Crippen molar-refractivity contribution in [2.45, 2.75) is 43.4 Å². The number of carbonyl (C=O) groups excluding carboxylic acids is 2. The van der Waals surface area contributed by atoms with Crippen molar-refractivity contribution in [2.24, 2.45) is 0 Å². The van der Waals surface area contributed by atoms with Gasteiger partial charge < -0.3 is 10.6 Å². The van der Waals surface area contributed by atoms with Crippen molar-refractivity contribution in [1.82, 2.24) is 10.6 Å². The molecule has 5 heteroatoms. The molecule has 0 aromatic heterocycles. The van der Waals surface area contributed by atoms with Gasteiger partial charge in [-0.2, -0.15) is 0 Å². The molecule has 0 spiro atoms. The minimum Gasteiger partial charge on any atom is -0.354 e. The Morgan fingerprint density at radius 3 is 3.00 bits per heavy atom. The lowest BCUT2D eigenvalue weighted by Crippen LogP contribution is -2.52. The predicted molar refractivity (Wildman–Crippen MR) is 64.3 cm³/mol. The van der Waals surface area contributed by atoms with Gasteiger partial charge in [0.05, 0.1) is 4.75 Å². The molecule has 2 fully saturated rings. The number of thioether (sulfide) groups is 1. The van der Waals surface area contributed by atoms with Gasteiger partial charge in [0, 0.05) is 19.0 Å². The number of rotatable bonds is 2. The molecule has 0 radical (unpaired) electrons. The van der Waals surface area contributed by atoms with E-state index in [2.05, 4.69) is 10.6 Å². The third kappa shape index (κ3) is 2.51. The first kappa shape index (κ1) is 11.8. The summed E-state index contributed by atoms with van der Waals surface area (Å²) in [4.78, 5) is 23.1. The van der Waals surface area contributed by atoms with Crippen LogP contribution >= 0.6 is 11.8 Å². The van der Waals surface area contributed by atoms with Crippen LogP contribution in [0.25, 0.3) is 0 Å². The molecule has 2 heterocycles. The fraction of sp³-hybridized carbons (Fsp3) is 0.818. The summed E-state index contributed by atoms with van der Waals surface area (Å²) in [6, 6.07) is 0.114. The number of hydrogen-bond donors (Lipinski definition) is 2. The van der Waals surface area contributed by atoms with Crippen molar-refractivity contribution in [3.05, 3.63) is 0 Å². The Bertz CT molecular complexity index is 290. The molecule has 90 valence electrons. The Morgan fingerprint density at radius 1 is 1.62 bits per heavy atom. The molecule has 0 aromatic carbocycles. The van der Waals surface area contributed by atoms with E-state index in [9.17, 15) is 9.59 Å². The zero-order valence-electron chi connectivity index (χ0n) is 9.54. The summed E-state index contributed by atoms with van der Waals surface area (Å²) in [5.74, 6) is 1.30. The summed E-state index contributed by atoms with van der Waals surface area (Å²) < 4.78 is -0.249. The molecule has 2 atom stereocenters. The molecule has 4 nitrogen and oxygen atoms in total. The lowest BCUT2D eigenvalue weighted by molar-refractivity contribution is -0.126. The predicted octanol–water partition coefficient (Wildman–Crippen LogP) is 0.667. The quantitative estimate of drug-likeness (QED) is 0.748. The highest BCUT2D eigenvalue weighted by atomic mass is 32.2. The van der Waals surface area contributed by atoms with Crippen LogP contribution in [-0.4, -0.2) is 34.9 Å². The fourth-order valence-corrected chi connectivity index (χ4v) is 3.37. The van der Waals surface area contributed by atoms with Crippen LogP contribution in [0.5, 0.6) is 0 Å². The Hall–Kier alpha value is -0.710. The second-order valence-corrected chi connectivity index (χ2v) is 6.29. The average molecular weight is 242 g/mol. The van der Waals surface area contributed by atoms with Gasteiger partial charge in [-0.3, -0.25) is 9.59 Å². The molecule has 0 saturated carbocycles. The van der Waals surface area contributed by atoms with E-state index in [0.717, 1.165) is 25.0 Å². The van der Waals surface area contributed by atoms with E-state index in [1.54, 1.807) is 11.8 Å². The van der Waals surface area contributed by atoms with Crippen LogP contribution < -0.4 is 10.6 Å². The summed E-state index contributed by atoms with van der Waals surface area (Å²) >= 11 is 1.74. The molecule has 2 amide bonds. The molecular weight excluding hydrogens is 224 g/mol. The first-order valence-corrected chi connectivity index (χ1v) is 6.80. The molecule has 2 aliphatic heterocycles. The molecule has 0 bridgehead atoms. The number of nitrogens with one attached hydrogen (secondary N) is 2. The third-order valence-electron chi connectivity index (χ3n) is 3.30. The van der Waals surface area contributed by atoms with Crippen LogP contribution in [0.3, 0.4) is 0 Å². The van der Waals surface area contributed by atoms with Gasteiger partial charge in [0.15, 0.2) is 0 Å².